The quantitative estimate of drug-likeness (QED) is 0.374. The molecule has 0 spiro atoms. The summed E-state index contributed by atoms with van der Waals surface area (Å²) in [7, 11) is 1.68. The molecule has 0 bridgehead atoms. The molecule has 0 atom stereocenters. The van der Waals surface area contributed by atoms with Crippen molar-refractivity contribution in [3.63, 3.8) is 0 Å². The van der Waals surface area contributed by atoms with Gasteiger partial charge in [-0.2, -0.15) is 0 Å². The van der Waals surface area contributed by atoms with E-state index in [1.54, 1.807) is 7.11 Å². The SMILES string of the molecule is COc1ccc(N2CCN(c3ccc4c5c(cccc35)C(=O)N(c3ccc(C)cc3)C4=O)CC2)cc1. The highest BCUT2D eigenvalue weighted by Gasteiger charge is 2.35. The molecule has 0 aromatic heterocycles. The average Bonchev–Trinajstić information content (AvgIpc) is 2.93. The van der Waals surface area contributed by atoms with Crippen LogP contribution < -0.4 is 19.4 Å². The Balaban J connectivity index is 1.31. The van der Waals surface area contributed by atoms with E-state index in [1.807, 2.05) is 73.7 Å². The zero-order chi connectivity index (χ0) is 24.8. The molecule has 2 heterocycles. The number of carbonyl (C=O) groups excluding carboxylic acids is 2. The summed E-state index contributed by atoms with van der Waals surface area (Å²) in [6.07, 6.45) is 0. The standard InChI is InChI=1S/C30H27N3O3/c1-20-6-8-22(9-7-20)33-29(34)25-5-3-4-24-27(15-14-26(28(24)25)30(33)35)32-18-16-31(17-19-32)21-10-12-23(36-2)13-11-21/h3-15H,16-19H2,1-2H3. The van der Waals surface area contributed by atoms with E-state index in [1.165, 1.54) is 10.6 Å². The highest BCUT2D eigenvalue weighted by molar-refractivity contribution is 6.36. The first kappa shape index (κ1) is 22.2. The third kappa shape index (κ3) is 3.57. The first-order valence-electron chi connectivity index (χ1n) is 12.2. The fourth-order valence-electron chi connectivity index (χ4n) is 5.28. The van der Waals surface area contributed by atoms with Gasteiger partial charge in [0.1, 0.15) is 5.75 Å². The molecule has 180 valence electrons. The first-order valence-corrected chi connectivity index (χ1v) is 12.2. The van der Waals surface area contributed by atoms with Gasteiger partial charge < -0.3 is 14.5 Å². The molecule has 0 aliphatic carbocycles. The van der Waals surface area contributed by atoms with Gasteiger partial charge in [-0.3, -0.25) is 9.59 Å². The Labute approximate surface area is 210 Å². The minimum Gasteiger partial charge on any atom is -0.497 e. The lowest BCUT2D eigenvalue weighted by atomic mass is 9.92. The number of amides is 2. The van der Waals surface area contributed by atoms with Crippen LogP contribution in [0.1, 0.15) is 26.3 Å². The molecule has 4 aromatic carbocycles. The maximum Gasteiger partial charge on any atom is 0.265 e. The zero-order valence-electron chi connectivity index (χ0n) is 20.4. The van der Waals surface area contributed by atoms with Crippen LogP contribution in [0.4, 0.5) is 17.1 Å². The van der Waals surface area contributed by atoms with Crippen molar-refractivity contribution >= 4 is 39.6 Å². The van der Waals surface area contributed by atoms with Crippen molar-refractivity contribution < 1.29 is 14.3 Å². The second kappa shape index (κ2) is 8.72. The van der Waals surface area contributed by atoms with E-state index in [9.17, 15) is 9.59 Å². The van der Waals surface area contributed by atoms with Crippen LogP contribution in [0.2, 0.25) is 0 Å². The third-order valence-corrected chi connectivity index (χ3v) is 7.23. The summed E-state index contributed by atoms with van der Waals surface area (Å²) in [4.78, 5) is 33.0. The van der Waals surface area contributed by atoms with Gasteiger partial charge in [0.15, 0.2) is 0 Å². The van der Waals surface area contributed by atoms with Crippen LogP contribution in [0.5, 0.6) is 5.75 Å². The molecule has 6 rings (SSSR count). The number of piperazine rings is 1. The van der Waals surface area contributed by atoms with Crippen molar-refractivity contribution in [1.29, 1.82) is 0 Å². The third-order valence-electron chi connectivity index (χ3n) is 7.23. The number of rotatable bonds is 4. The van der Waals surface area contributed by atoms with Gasteiger partial charge in [0, 0.05) is 59.5 Å². The highest BCUT2D eigenvalue weighted by atomic mass is 16.5. The predicted octanol–water partition coefficient (Wildman–Crippen LogP) is 5.28. The van der Waals surface area contributed by atoms with Gasteiger partial charge in [0.05, 0.1) is 12.8 Å². The van der Waals surface area contributed by atoms with Crippen molar-refractivity contribution in [3.8, 4) is 5.75 Å². The highest BCUT2D eigenvalue weighted by Crippen LogP contribution is 2.38. The molecule has 6 nitrogen and oxygen atoms in total. The summed E-state index contributed by atoms with van der Waals surface area (Å²) in [5.41, 5.74) is 5.06. The largest absolute Gasteiger partial charge is 0.497 e. The summed E-state index contributed by atoms with van der Waals surface area (Å²) in [6.45, 7) is 5.45. The molecule has 2 aliphatic rings. The number of ether oxygens (including phenoxy) is 1. The molecule has 6 heteroatoms. The zero-order valence-corrected chi connectivity index (χ0v) is 20.4. The second-order valence-electron chi connectivity index (χ2n) is 9.31. The Bertz CT molecular complexity index is 1450. The van der Waals surface area contributed by atoms with E-state index in [2.05, 4.69) is 21.9 Å². The van der Waals surface area contributed by atoms with Crippen LogP contribution in [-0.2, 0) is 0 Å². The molecular formula is C30H27N3O3. The maximum atomic E-state index is 13.5. The molecule has 36 heavy (non-hydrogen) atoms. The second-order valence-corrected chi connectivity index (χ2v) is 9.31. The van der Waals surface area contributed by atoms with Crippen molar-refractivity contribution in [2.45, 2.75) is 6.92 Å². The summed E-state index contributed by atoms with van der Waals surface area (Å²) in [6, 6.07) is 25.3. The molecular weight excluding hydrogens is 450 g/mol. The fourth-order valence-corrected chi connectivity index (χ4v) is 5.28. The Morgan fingerprint density at radius 3 is 1.94 bits per heavy atom. The lowest BCUT2D eigenvalue weighted by Gasteiger charge is -2.38. The van der Waals surface area contributed by atoms with Crippen molar-refractivity contribution in [2.75, 3.05) is 48.0 Å². The minimum absolute atomic E-state index is 0.275. The maximum absolute atomic E-state index is 13.5. The molecule has 1 fully saturated rings. The molecule has 1 saturated heterocycles. The predicted molar refractivity (Wildman–Crippen MR) is 144 cm³/mol. The van der Waals surface area contributed by atoms with E-state index < -0.39 is 0 Å². The van der Waals surface area contributed by atoms with Crippen LogP contribution in [0.25, 0.3) is 10.8 Å². The van der Waals surface area contributed by atoms with Gasteiger partial charge in [-0.15, -0.1) is 0 Å². The number of hydrogen-bond donors (Lipinski definition) is 0. The monoisotopic (exact) mass is 477 g/mol. The Morgan fingerprint density at radius 1 is 0.667 bits per heavy atom. The Hall–Kier alpha value is -4.32. The first-order chi connectivity index (χ1) is 17.5. The number of nitrogens with zero attached hydrogens (tertiary/aromatic N) is 3. The van der Waals surface area contributed by atoms with E-state index in [-0.39, 0.29) is 11.8 Å². The average molecular weight is 478 g/mol. The summed E-state index contributed by atoms with van der Waals surface area (Å²) in [5.74, 6) is 0.304. The van der Waals surface area contributed by atoms with Crippen LogP contribution in [0, 0.1) is 6.92 Å². The Morgan fingerprint density at radius 2 is 1.28 bits per heavy atom. The van der Waals surface area contributed by atoms with Gasteiger partial charge in [-0.1, -0.05) is 29.8 Å². The van der Waals surface area contributed by atoms with Crippen molar-refractivity contribution in [3.05, 3.63) is 95.6 Å². The smallest absolute Gasteiger partial charge is 0.265 e. The molecule has 4 aromatic rings. The molecule has 0 saturated carbocycles. The fraction of sp³-hybridized carbons (Fsp3) is 0.200. The van der Waals surface area contributed by atoms with Gasteiger partial charge >= 0.3 is 0 Å². The summed E-state index contributed by atoms with van der Waals surface area (Å²) in [5, 5.41) is 1.71. The van der Waals surface area contributed by atoms with Gasteiger partial charge in [0.2, 0.25) is 0 Å². The van der Waals surface area contributed by atoms with Crippen LogP contribution in [0.3, 0.4) is 0 Å². The number of carbonyl (C=O) groups is 2. The number of anilines is 3. The van der Waals surface area contributed by atoms with E-state index >= 15 is 0 Å². The summed E-state index contributed by atoms with van der Waals surface area (Å²) >= 11 is 0. The van der Waals surface area contributed by atoms with Crippen LogP contribution >= 0.6 is 0 Å². The van der Waals surface area contributed by atoms with Crippen LogP contribution in [-0.4, -0.2) is 45.1 Å². The van der Waals surface area contributed by atoms with E-state index in [0.717, 1.165) is 54.0 Å². The molecule has 2 aliphatic heterocycles. The Kier molecular flexibility index (Phi) is 5.37. The topological polar surface area (TPSA) is 53.1 Å². The van der Waals surface area contributed by atoms with Gasteiger partial charge in [-0.05, 0) is 61.5 Å². The molecule has 0 unspecified atom stereocenters. The molecule has 0 N–H and O–H groups in total. The number of aryl methyl sites for hydroxylation is 1. The molecule has 0 radical (unpaired) electrons. The number of benzene rings is 4. The lowest BCUT2D eigenvalue weighted by Crippen LogP contribution is -2.46. The number of imide groups is 1. The van der Waals surface area contributed by atoms with Gasteiger partial charge in [-0.25, -0.2) is 4.90 Å². The van der Waals surface area contributed by atoms with E-state index in [4.69, 9.17) is 4.74 Å². The number of hydrogen-bond acceptors (Lipinski definition) is 5. The number of methoxy groups -OCH3 is 1. The van der Waals surface area contributed by atoms with Crippen LogP contribution in [0.15, 0.2) is 78.9 Å². The lowest BCUT2D eigenvalue weighted by molar-refractivity contribution is 0.0893. The van der Waals surface area contributed by atoms with Gasteiger partial charge in [0.25, 0.3) is 11.8 Å². The molecule has 2 amide bonds. The minimum atomic E-state index is -0.275. The normalized spacial score (nSPS) is 15.6. The van der Waals surface area contributed by atoms with E-state index in [0.29, 0.717) is 16.8 Å². The summed E-state index contributed by atoms with van der Waals surface area (Å²) < 4.78 is 5.28. The van der Waals surface area contributed by atoms with Crippen molar-refractivity contribution in [2.24, 2.45) is 0 Å². The van der Waals surface area contributed by atoms with Crippen molar-refractivity contribution in [1.82, 2.24) is 0 Å².